The molecule has 5 heteroatoms. The van der Waals surface area contributed by atoms with Crippen LogP contribution in [0.4, 0.5) is 0 Å². The van der Waals surface area contributed by atoms with Crippen molar-refractivity contribution >= 4 is 5.91 Å². The Morgan fingerprint density at radius 2 is 2.05 bits per heavy atom. The van der Waals surface area contributed by atoms with E-state index < -0.39 is 0 Å². The lowest BCUT2D eigenvalue weighted by molar-refractivity contribution is 0.0893. The van der Waals surface area contributed by atoms with Gasteiger partial charge in [0.1, 0.15) is 5.75 Å². The quantitative estimate of drug-likeness (QED) is 0.741. The zero-order chi connectivity index (χ0) is 14.1. The van der Waals surface area contributed by atoms with Gasteiger partial charge in [-0.15, -0.1) is 0 Å². The molecule has 0 spiro atoms. The molecular formula is C14H22N2O3. The molecule has 106 valence electrons. The number of amides is 1. The van der Waals surface area contributed by atoms with Crippen LogP contribution >= 0.6 is 0 Å². The average Bonchev–Trinajstić information content (AvgIpc) is 2.40. The first kappa shape index (κ1) is 15.5. The summed E-state index contributed by atoms with van der Waals surface area (Å²) in [5.41, 5.74) is 6.10. The topological polar surface area (TPSA) is 73.6 Å². The third-order valence-electron chi connectivity index (χ3n) is 2.65. The molecule has 1 unspecified atom stereocenters. The van der Waals surface area contributed by atoms with E-state index in [1.807, 2.05) is 6.92 Å². The number of nitrogens with two attached hydrogens (primary N) is 1. The lowest BCUT2D eigenvalue weighted by atomic mass is 10.1. The molecule has 3 N–H and O–H groups in total. The van der Waals surface area contributed by atoms with E-state index >= 15 is 0 Å². The van der Waals surface area contributed by atoms with Gasteiger partial charge in [-0.3, -0.25) is 4.79 Å². The number of carbonyl (C=O) groups is 1. The van der Waals surface area contributed by atoms with Gasteiger partial charge >= 0.3 is 0 Å². The van der Waals surface area contributed by atoms with Gasteiger partial charge in [-0.1, -0.05) is 0 Å². The van der Waals surface area contributed by atoms with Crippen molar-refractivity contribution in [3.63, 3.8) is 0 Å². The van der Waals surface area contributed by atoms with E-state index in [1.165, 1.54) is 0 Å². The summed E-state index contributed by atoms with van der Waals surface area (Å²) in [5, 5.41) is 2.90. The molecule has 5 nitrogen and oxygen atoms in total. The maximum Gasteiger partial charge on any atom is 0.251 e. The van der Waals surface area contributed by atoms with Crippen LogP contribution in [0.3, 0.4) is 0 Å². The number of nitrogens with one attached hydrogen (secondary N) is 1. The smallest absolute Gasteiger partial charge is 0.251 e. The number of rotatable bonds is 8. The van der Waals surface area contributed by atoms with Crippen LogP contribution in [0.1, 0.15) is 23.7 Å². The molecule has 0 aliphatic rings. The molecule has 0 aliphatic heterocycles. The Morgan fingerprint density at radius 3 is 2.58 bits per heavy atom. The summed E-state index contributed by atoms with van der Waals surface area (Å²) >= 11 is 0. The molecule has 19 heavy (non-hydrogen) atoms. The zero-order valence-corrected chi connectivity index (χ0v) is 11.5. The van der Waals surface area contributed by atoms with Crippen molar-refractivity contribution in [1.29, 1.82) is 0 Å². The van der Waals surface area contributed by atoms with Gasteiger partial charge in [-0.2, -0.15) is 0 Å². The Labute approximate surface area is 114 Å². The number of ether oxygens (including phenoxy) is 2. The third-order valence-corrected chi connectivity index (χ3v) is 2.65. The van der Waals surface area contributed by atoms with Gasteiger partial charge in [-0.25, -0.2) is 0 Å². The molecule has 0 aliphatic carbocycles. The summed E-state index contributed by atoms with van der Waals surface area (Å²) in [6, 6.07) is 6.99. The molecule has 0 fully saturated rings. The second-order valence-electron chi connectivity index (χ2n) is 4.16. The number of hydrogen-bond acceptors (Lipinski definition) is 4. The van der Waals surface area contributed by atoms with Gasteiger partial charge in [0.05, 0.1) is 19.3 Å². The van der Waals surface area contributed by atoms with Crippen LogP contribution in [0.5, 0.6) is 5.75 Å². The van der Waals surface area contributed by atoms with E-state index in [0.717, 1.165) is 5.75 Å². The van der Waals surface area contributed by atoms with Crippen LogP contribution in [0.25, 0.3) is 0 Å². The monoisotopic (exact) mass is 266 g/mol. The minimum Gasteiger partial charge on any atom is -0.494 e. The van der Waals surface area contributed by atoms with Crippen LogP contribution in [0.15, 0.2) is 24.3 Å². The Balaban J connectivity index is 2.60. The van der Waals surface area contributed by atoms with Gasteiger partial charge in [-0.05, 0) is 44.2 Å². The lowest BCUT2D eigenvalue weighted by Gasteiger charge is -2.17. The van der Waals surface area contributed by atoms with Crippen molar-refractivity contribution in [2.75, 3.05) is 26.9 Å². The van der Waals surface area contributed by atoms with E-state index in [9.17, 15) is 4.79 Å². The summed E-state index contributed by atoms with van der Waals surface area (Å²) < 4.78 is 10.4. The number of hydrogen-bond donors (Lipinski definition) is 2. The van der Waals surface area contributed by atoms with E-state index in [4.69, 9.17) is 15.2 Å². The standard InChI is InChI=1S/C14H22N2O3/c1-3-19-13-6-4-11(5-7-13)14(17)16-12(8-9-15)10-18-2/h4-7,12H,3,8-10,15H2,1-2H3,(H,16,17). The van der Waals surface area contributed by atoms with Crippen LogP contribution in [-0.4, -0.2) is 38.8 Å². The van der Waals surface area contributed by atoms with E-state index in [2.05, 4.69) is 5.32 Å². The fourth-order valence-corrected chi connectivity index (χ4v) is 1.74. The van der Waals surface area contributed by atoms with Gasteiger partial charge in [0.15, 0.2) is 0 Å². The highest BCUT2D eigenvalue weighted by molar-refractivity contribution is 5.94. The van der Waals surface area contributed by atoms with Crippen LogP contribution in [-0.2, 0) is 4.74 Å². The molecule has 0 bridgehead atoms. The molecule has 1 aromatic rings. The summed E-state index contributed by atoms with van der Waals surface area (Å²) in [4.78, 5) is 12.0. The molecule has 0 radical (unpaired) electrons. The second kappa shape index (κ2) is 8.50. The Bertz CT molecular complexity index is 373. The average molecular weight is 266 g/mol. The van der Waals surface area contributed by atoms with Crippen molar-refractivity contribution in [3.05, 3.63) is 29.8 Å². The Morgan fingerprint density at radius 1 is 1.37 bits per heavy atom. The van der Waals surface area contributed by atoms with Gasteiger partial charge in [0.25, 0.3) is 5.91 Å². The zero-order valence-electron chi connectivity index (χ0n) is 11.5. The summed E-state index contributed by atoms with van der Waals surface area (Å²) in [6.45, 7) is 3.50. The van der Waals surface area contributed by atoms with Crippen LogP contribution in [0, 0.1) is 0 Å². The molecule has 0 heterocycles. The number of benzene rings is 1. The molecule has 1 rings (SSSR count). The first-order chi connectivity index (χ1) is 9.21. The van der Waals surface area contributed by atoms with Crippen molar-refractivity contribution < 1.29 is 14.3 Å². The Kier molecular flexibility index (Phi) is 6.92. The maximum atomic E-state index is 12.0. The molecule has 1 atom stereocenters. The molecule has 0 aromatic heterocycles. The maximum absolute atomic E-state index is 12.0. The van der Waals surface area contributed by atoms with E-state index in [0.29, 0.717) is 31.7 Å². The summed E-state index contributed by atoms with van der Waals surface area (Å²) in [7, 11) is 1.60. The first-order valence-electron chi connectivity index (χ1n) is 6.44. The SMILES string of the molecule is CCOc1ccc(C(=O)NC(CCN)COC)cc1. The summed E-state index contributed by atoms with van der Waals surface area (Å²) in [5.74, 6) is 0.632. The highest BCUT2D eigenvalue weighted by atomic mass is 16.5. The van der Waals surface area contributed by atoms with Crippen LogP contribution in [0.2, 0.25) is 0 Å². The van der Waals surface area contributed by atoms with Crippen molar-refractivity contribution in [3.8, 4) is 5.75 Å². The molecular weight excluding hydrogens is 244 g/mol. The largest absolute Gasteiger partial charge is 0.494 e. The summed E-state index contributed by atoms with van der Waals surface area (Å²) in [6.07, 6.45) is 0.691. The molecule has 0 saturated carbocycles. The fraction of sp³-hybridized carbons (Fsp3) is 0.500. The predicted molar refractivity (Wildman–Crippen MR) is 74.4 cm³/mol. The Hall–Kier alpha value is -1.59. The molecule has 1 amide bonds. The highest BCUT2D eigenvalue weighted by Crippen LogP contribution is 2.12. The molecule has 1 aromatic carbocycles. The van der Waals surface area contributed by atoms with E-state index in [1.54, 1.807) is 31.4 Å². The number of carbonyl (C=O) groups excluding carboxylic acids is 1. The van der Waals surface area contributed by atoms with Gasteiger partial charge < -0.3 is 20.5 Å². The number of methoxy groups -OCH3 is 1. The van der Waals surface area contributed by atoms with Gasteiger partial charge in [0, 0.05) is 12.7 Å². The first-order valence-corrected chi connectivity index (χ1v) is 6.44. The molecule has 0 saturated heterocycles. The lowest BCUT2D eigenvalue weighted by Crippen LogP contribution is -2.39. The minimum atomic E-state index is -0.126. The second-order valence-corrected chi connectivity index (χ2v) is 4.16. The predicted octanol–water partition coefficient (Wildman–Crippen LogP) is 1.18. The minimum absolute atomic E-state index is 0.0610. The van der Waals surface area contributed by atoms with Crippen LogP contribution < -0.4 is 15.8 Å². The van der Waals surface area contributed by atoms with Crippen molar-refractivity contribution in [2.24, 2.45) is 5.73 Å². The van der Waals surface area contributed by atoms with Crippen molar-refractivity contribution in [2.45, 2.75) is 19.4 Å². The fourth-order valence-electron chi connectivity index (χ4n) is 1.74. The third kappa shape index (κ3) is 5.28. The normalized spacial score (nSPS) is 11.9. The highest BCUT2D eigenvalue weighted by Gasteiger charge is 2.12. The van der Waals surface area contributed by atoms with Gasteiger partial charge in [0.2, 0.25) is 0 Å². The van der Waals surface area contributed by atoms with E-state index in [-0.39, 0.29) is 11.9 Å². The van der Waals surface area contributed by atoms with Crippen molar-refractivity contribution in [1.82, 2.24) is 5.32 Å².